The topological polar surface area (TPSA) is 30.5 Å². The van der Waals surface area contributed by atoms with E-state index in [-0.39, 0.29) is 0 Å². The second-order valence-electron chi connectivity index (χ2n) is 4.12. The Morgan fingerprint density at radius 2 is 2.00 bits per heavy atom. The molecule has 0 atom stereocenters. The van der Waals surface area contributed by atoms with E-state index in [1.54, 1.807) is 7.11 Å². The average molecular weight is 223 g/mol. The third-order valence-electron chi connectivity index (χ3n) is 2.08. The Labute approximate surface area is 97.8 Å². The maximum Gasteiger partial charge on any atom is 0.142 e. The molecule has 0 bridgehead atoms. The predicted octanol–water partition coefficient (Wildman–Crippen LogP) is 2.78. The van der Waals surface area contributed by atoms with Crippen LogP contribution in [-0.4, -0.2) is 26.9 Å². The normalized spacial score (nSPS) is 10.5. The summed E-state index contributed by atoms with van der Waals surface area (Å²) in [6.07, 6.45) is 0. The lowest BCUT2D eigenvalue weighted by Crippen LogP contribution is -2.10. The first kappa shape index (κ1) is 12.8. The van der Waals surface area contributed by atoms with E-state index >= 15 is 0 Å². The predicted molar refractivity (Wildman–Crippen MR) is 67.1 cm³/mol. The lowest BCUT2D eigenvalue weighted by atomic mass is 10.2. The van der Waals surface area contributed by atoms with Gasteiger partial charge in [-0.15, -0.1) is 0 Å². The highest BCUT2D eigenvalue weighted by Gasteiger charge is 2.02. The molecule has 1 rings (SSSR count). The number of benzene rings is 1. The number of para-hydroxylation sites is 2. The van der Waals surface area contributed by atoms with Gasteiger partial charge in [0.2, 0.25) is 0 Å². The van der Waals surface area contributed by atoms with E-state index in [1.807, 2.05) is 24.3 Å². The molecule has 90 valence electrons. The molecule has 0 aromatic heterocycles. The van der Waals surface area contributed by atoms with Crippen LogP contribution in [0.15, 0.2) is 24.3 Å². The van der Waals surface area contributed by atoms with E-state index in [0.717, 1.165) is 24.6 Å². The molecule has 0 spiro atoms. The van der Waals surface area contributed by atoms with E-state index < -0.39 is 0 Å². The summed E-state index contributed by atoms with van der Waals surface area (Å²) in [5.74, 6) is 1.44. The van der Waals surface area contributed by atoms with Crippen LogP contribution >= 0.6 is 0 Å². The smallest absolute Gasteiger partial charge is 0.142 e. The highest BCUT2D eigenvalue weighted by molar-refractivity contribution is 5.56. The van der Waals surface area contributed by atoms with E-state index in [4.69, 9.17) is 9.47 Å². The molecule has 0 fully saturated rings. The van der Waals surface area contributed by atoms with Crippen molar-refractivity contribution < 1.29 is 9.47 Å². The molecule has 0 aliphatic heterocycles. The Morgan fingerprint density at radius 1 is 1.25 bits per heavy atom. The second kappa shape index (κ2) is 7.12. The van der Waals surface area contributed by atoms with Gasteiger partial charge in [0, 0.05) is 13.7 Å². The third-order valence-corrected chi connectivity index (χ3v) is 2.08. The highest BCUT2D eigenvalue weighted by atomic mass is 16.5. The van der Waals surface area contributed by atoms with Crippen LogP contribution in [0.3, 0.4) is 0 Å². The maximum absolute atomic E-state index is 5.73. The van der Waals surface area contributed by atoms with Gasteiger partial charge in [0.15, 0.2) is 0 Å². The second-order valence-corrected chi connectivity index (χ2v) is 4.12. The molecule has 0 aliphatic rings. The van der Waals surface area contributed by atoms with Crippen molar-refractivity contribution >= 4 is 5.69 Å². The molecule has 1 N–H and O–H groups in total. The molecule has 0 amide bonds. The minimum absolute atomic E-state index is 0.534. The summed E-state index contributed by atoms with van der Waals surface area (Å²) in [7, 11) is 1.70. The Hall–Kier alpha value is -1.22. The first-order chi connectivity index (χ1) is 7.74. The van der Waals surface area contributed by atoms with Crippen LogP contribution in [0.1, 0.15) is 13.8 Å². The molecule has 0 radical (unpaired) electrons. The molecule has 16 heavy (non-hydrogen) atoms. The van der Waals surface area contributed by atoms with Gasteiger partial charge in [0.05, 0.1) is 18.9 Å². The summed E-state index contributed by atoms with van der Waals surface area (Å²) >= 11 is 0. The van der Waals surface area contributed by atoms with Crippen LogP contribution in [0.25, 0.3) is 0 Å². The molecule has 3 heteroatoms. The number of hydrogen-bond acceptors (Lipinski definition) is 3. The van der Waals surface area contributed by atoms with Crippen molar-refractivity contribution in [1.29, 1.82) is 0 Å². The van der Waals surface area contributed by atoms with Crippen LogP contribution in [-0.2, 0) is 4.74 Å². The first-order valence-electron chi connectivity index (χ1n) is 5.68. The summed E-state index contributed by atoms with van der Waals surface area (Å²) in [6.45, 7) is 6.50. The van der Waals surface area contributed by atoms with Crippen LogP contribution in [0.5, 0.6) is 5.75 Å². The number of anilines is 1. The maximum atomic E-state index is 5.73. The average Bonchev–Trinajstić information content (AvgIpc) is 2.28. The highest BCUT2D eigenvalue weighted by Crippen LogP contribution is 2.23. The molecule has 0 unspecified atom stereocenters. The van der Waals surface area contributed by atoms with Gasteiger partial charge in [0.25, 0.3) is 0 Å². The van der Waals surface area contributed by atoms with Crippen LogP contribution in [0.2, 0.25) is 0 Å². The van der Waals surface area contributed by atoms with Crippen LogP contribution < -0.4 is 10.1 Å². The van der Waals surface area contributed by atoms with Crippen molar-refractivity contribution in [3.8, 4) is 5.75 Å². The number of hydrogen-bond donors (Lipinski definition) is 1. The Bertz CT molecular complexity index is 300. The molecule has 0 saturated heterocycles. The molecule has 0 aliphatic carbocycles. The molecule has 0 saturated carbocycles. The van der Waals surface area contributed by atoms with Gasteiger partial charge < -0.3 is 14.8 Å². The minimum atomic E-state index is 0.534. The Kier molecular flexibility index (Phi) is 5.72. The molecular weight excluding hydrogens is 202 g/mol. The van der Waals surface area contributed by atoms with E-state index in [2.05, 4.69) is 19.2 Å². The largest absolute Gasteiger partial charge is 0.491 e. The fourth-order valence-corrected chi connectivity index (χ4v) is 1.28. The fourth-order valence-electron chi connectivity index (χ4n) is 1.28. The SMILES string of the molecule is COCCNc1ccccc1OCC(C)C. The van der Waals surface area contributed by atoms with Crippen LogP contribution in [0, 0.1) is 5.92 Å². The summed E-state index contributed by atoms with van der Waals surface area (Å²) in [5, 5.41) is 3.29. The zero-order valence-corrected chi connectivity index (χ0v) is 10.3. The molecule has 1 aromatic carbocycles. The fraction of sp³-hybridized carbons (Fsp3) is 0.538. The molecule has 3 nitrogen and oxygen atoms in total. The zero-order valence-electron chi connectivity index (χ0n) is 10.3. The van der Waals surface area contributed by atoms with Gasteiger partial charge in [-0.3, -0.25) is 0 Å². The van der Waals surface area contributed by atoms with Gasteiger partial charge >= 0.3 is 0 Å². The number of ether oxygens (including phenoxy) is 2. The Morgan fingerprint density at radius 3 is 2.69 bits per heavy atom. The van der Waals surface area contributed by atoms with Crippen molar-refractivity contribution in [3.05, 3.63) is 24.3 Å². The van der Waals surface area contributed by atoms with E-state index in [0.29, 0.717) is 12.5 Å². The van der Waals surface area contributed by atoms with Gasteiger partial charge in [-0.1, -0.05) is 26.0 Å². The van der Waals surface area contributed by atoms with Crippen molar-refractivity contribution in [1.82, 2.24) is 0 Å². The summed E-state index contributed by atoms with van der Waals surface area (Å²) in [4.78, 5) is 0. The van der Waals surface area contributed by atoms with Crippen molar-refractivity contribution in [2.75, 3.05) is 32.2 Å². The van der Waals surface area contributed by atoms with Crippen molar-refractivity contribution in [2.45, 2.75) is 13.8 Å². The summed E-state index contributed by atoms with van der Waals surface area (Å²) in [6, 6.07) is 7.98. The van der Waals surface area contributed by atoms with E-state index in [9.17, 15) is 0 Å². The third kappa shape index (κ3) is 4.53. The zero-order chi connectivity index (χ0) is 11.8. The monoisotopic (exact) mass is 223 g/mol. The van der Waals surface area contributed by atoms with Crippen molar-refractivity contribution in [3.63, 3.8) is 0 Å². The van der Waals surface area contributed by atoms with Crippen molar-refractivity contribution in [2.24, 2.45) is 5.92 Å². The van der Waals surface area contributed by atoms with Gasteiger partial charge in [-0.2, -0.15) is 0 Å². The Balaban J connectivity index is 2.53. The van der Waals surface area contributed by atoms with E-state index in [1.165, 1.54) is 0 Å². The standard InChI is InChI=1S/C13H21NO2/c1-11(2)10-16-13-7-5-4-6-12(13)14-8-9-15-3/h4-7,11,14H,8-10H2,1-3H3. The summed E-state index contributed by atoms with van der Waals surface area (Å²) in [5.41, 5.74) is 1.03. The number of methoxy groups -OCH3 is 1. The molecular formula is C13H21NO2. The van der Waals surface area contributed by atoms with Crippen LogP contribution in [0.4, 0.5) is 5.69 Å². The molecule has 1 aromatic rings. The lowest BCUT2D eigenvalue weighted by molar-refractivity contribution is 0.210. The number of rotatable bonds is 7. The van der Waals surface area contributed by atoms with Gasteiger partial charge in [-0.05, 0) is 18.1 Å². The quantitative estimate of drug-likeness (QED) is 0.721. The molecule has 0 heterocycles. The first-order valence-corrected chi connectivity index (χ1v) is 5.68. The lowest BCUT2D eigenvalue weighted by Gasteiger charge is -2.14. The van der Waals surface area contributed by atoms with Gasteiger partial charge in [-0.25, -0.2) is 0 Å². The van der Waals surface area contributed by atoms with Gasteiger partial charge in [0.1, 0.15) is 5.75 Å². The minimum Gasteiger partial charge on any atom is -0.491 e. The summed E-state index contributed by atoms with van der Waals surface area (Å²) < 4.78 is 10.7. The number of nitrogens with one attached hydrogen (secondary N) is 1.